The van der Waals surface area contributed by atoms with Crippen LogP contribution in [0.5, 0.6) is 0 Å². The molecular weight excluding hydrogens is 372 g/mol. The summed E-state index contributed by atoms with van der Waals surface area (Å²) in [4.78, 5) is 28.4. The van der Waals surface area contributed by atoms with E-state index in [1.807, 2.05) is 30.3 Å². The smallest absolute Gasteiger partial charge is 0.290 e. The Bertz CT molecular complexity index is 867. The molecule has 1 aromatic heterocycles. The standard InChI is InChI=1S/C21H26N4O4/c1-24(2)20(26)9-17-12-25-11-15(8-16(25)13-28-17)22-21(27)19-10-18(23-29-19)14-6-4-3-5-7-14/h3-7,10,15-17H,8-9,11-13H2,1-2H3,(H,22,27)/t15-,16-,17-/m0/s1. The normalized spacial score (nSPS) is 24.1. The molecule has 0 unspecified atom stereocenters. The van der Waals surface area contributed by atoms with Gasteiger partial charge in [0.1, 0.15) is 5.69 Å². The first-order chi connectivity index (χ1) is 14.0. The number of carbonyl (C=O) groups excluding carboxylic acids is 2. The average Bonchev–Trinajstić information content (AvgIpc) is 3.35. The van der Waals surface area contributed by atoms with Gasteiger partial charge in [0.15, 0.2) is 0 Å². The third-order valence-electron chi connectivity index (χ3n) is 5.53. The fourth-order valence-corrected chi connectivity index (χ4v) is 3.93. The molecule has 3 atom stereocenters. The van der Waals surface area contributed by atoms with Crippen molar-refractivity contribution in [2.45, 2.75) is 31.0 Å². The minimum atomic E-state index is -0.259. The molecule has 2 aliphatic heterocycles. The Kier molecular flexibility index (Phi) is 5.64. The summed E-state index contributed by atoms with van der Waals surface area (Å²) < 4.78 is 11.1. The zero-order valence-electron chi connectivity index (χ0n) is 16.7. The molecule has 29 heavy (non-hydrogen) atoms. The van der Waals surface area contributed by atoms with Crippen molar-refractivity contribution in [2.24, 2.45) is 0 Å². The summed E-state index contributed by atoms with van der Waals surface area (Å²) in [6.45, 7) is 2.03. The second-order valence-electron chi connectivity index (χ2n) is 7.90. The van der Waals surface area contributed by atoms with Gasteiger partial charge in [-0.15, -0.1) is 0 Å². The van der Waals surface area contributed by atoms with Crippen molar-refractivity contribution in [3.8, 4) is 11.3 Å². The van der Waals surface area contributed by atoms with Crippen LogP contribution < -0.4 is 5.32 Å². The van der Waals surface area contributed by atoms with Crippen molar-refractivity contribution < 1.29 is 18.8 Å². The number of nitrogens with zero attached hydrogens (tertiary/aromatic N) is 3. The van der Waals surface area contributed by atoms with Gasteiger partial charge in [-0.3, -0.25) is 14.5 Å². The third kappa shape index (κ3) is 4.49. The second-order valence-corrected chi connectivity index (χ2v) is 7.90. The van der Waals surface area contributed by atoms with Crippen LogP contribution in [0.3, 0.4) is 0 Å². The number of hydrogen-bond acceptors (Lipinski definition) is 6. The number of morpholine rings is 1. The van der Waals surface area contributed by atoms with E-state index in [9.17, 15) is 9.59 Å². The zero-order chi connectivity index (χ0) is 20.4. The number of fused-ring (bicyclic) bond motifs is 1. The van der Waals surface area contributed by atoms with Crippen LogP contribution in [0.1, 0.15) is 23.4 Å². The Morgan fingerprint density at radius 2 is 2.03 bits per heavy atom. The molecule has 2 amide bonds. The summed E-state index contributed by atoms with van der Waals surface area (Å²) in [5.41, 5.74) is 1.55. The highest BCUT2D eigenvalue weighted by Crippen LogP contribution is 2.25. The highest BCUT2D eigenvalue weighted by molar-refractivity contribution is 5.92. The van der Waals surface area contributed by atoms with Crippen molar-refractivity contribution in [3.05, 3.63) is 42.2 Å². The van der Waals surface area contributed by atoms with Crippen LogP contribution in [0, 0.1) is 0 Å². The number of ether oxygens (including phenoxy) is 1. The fraction of sp³-hybridized carbons (Fsp3) is 0.476. The van der Waals surface area contributed by atoms with E-state index in [2.05, 4.69) is 15.4 Å². The Balaban J connectivity index is 1.32. The molecule has 154 valence electrons. The minimum Gasteiger partial charge on any atom is -0.375 e. The fourth-order valence-electron chi connectivity index (χ4n) is 3.93. The van der Waals surface area contributed by atoms with E-state index >= 15 is 0 Å². The maximum absolute atomic E-state index is 12.6. The van der Waals surface area contributed by atoms with Crippen LogP contribution in [0.4, 0.5) is 0 Å². The Morgan fingerprint density at radius 1 is 1.24 bits per heavy atom. The first-order valence-electron chi connectivity index (χ1n) is 9.88. The molecule has 3 heterocycles. The van der Waals surface area contributed by atoms with Crippen LogP contribution >= 0.6 is 0 Å². The first kappa shape index (κ1) is 19.6. The maximum Gasteiger partial charge on any atom is 0.290 e. The number of benzene rings is 1. The van der Waals surface area contributed by atoms with Crippen LogP contribution in [0.2, 0.25) is 0 Å². The van der Waals surface area contributed by atoms with Gasteiger partial charge in [-0.05, 0) is 6.42 Å². The second kappa shape index (κ2) is 8.34. The molecule has 8 heteroatoms. The quantitative estimate of drug-likeness (QED) is 0.819. The summed E-state index contributed by atoms with van der Waals surface area (Å²) in [5, 5.41) is 7.05. The van der Waals surface area contributed by atoms with Gasteiger partial charge >= 0.3 is 0 Å². The van der Waals surface area contributed by atoms with E-state index in [4.69, 9.17) is 9.26 Å². The first-order valence-corrected chi connectivity index (χ1v) is 9.88. The summed E-state index contributed by atoms with van der Waals surface area (Å²) in [5.74, 6) is 0.0150. The van der Waals surface area contributed by atoms with Crippen molar-refractivity contribution in [2.75, 3.05) is 33.8 Å². The predicted molar refractivity (Wildman–Crippen MR) is 106 cm³/mol. The Hall–Kier alpha value is -2.71. The van der Waals surface area contributed by atoms with Gasteiger partial charge in [0.2, 0.25) is 11.7 Å². The molecule has 2 aromatic rings. The lowest BCUT2D eigenvalue weighted by molar-refractivity contribution is -0.134. The number of aromatic nitrogens is 1. The van der Waals surface area contributed by atoms with E-state index in [1.54, 1.807) is 25.1 Å². The van der Waals surface area contributed by atoms with E-state index in [0.29, 0.717) is 25.3 Å². The van der Waals surface area contributed by atoms with Crippen molar-refractivity contribution >= 4 is 11.8 Å². The molecule has 0 aliphatic carbocycles. The van der Waals surface area contributed by atoms with Gasteiger partial charge in [-0.2, -0.15) is 0 Å². The maximum atomic E-state index is 12.6. The summed E-state index contributed by atoms with van der Waals surface area (Å²) >= 11 is 0. The van der Waals surface area contributed by atoms with Crippen molar-refractivity contribution in [3.63, 3.8) is 0 Å². The van der Waals surface area contributed by atoms with E-state index in [1.165, 1.54) is 0 Å². The average molecular weight is 398 g/mol. The van der Waals surface area contributed by atoms with Gasteiger partial charge in [-0.25, -0.2) is 0 Å². The lowest BCUT2D eigenvalue weighted by atomic mass is 10.1. The summed E-state index contributed by atoms with van der Waals surface area (Å²) in [7, 11) is 3.50. The number of carbonyl (C=O) groups is 2. The van der Waals surface area contributed by atoms with Gasteiger partial charge in [-0.1, -0.05) is 35.5 Å². The lowest BCUT2D eigenvalue weighted by Crippen LogP contribution is -2.47. The molecule has 4 rings (SSSR count). The third-order valence-corrected chi connectivity index (χ3v) is 5.53. The largest absolute Gasteiger partial charge is 0.375 e. The highest BCUT2D eigenvalue weighted by Gasteiger charge is 2.38. The number of amides is 2. The molecule has 1 N–H and O–H groups in total. The SMILES string of the molecule is CN(C)C(=O)C[C@H]1CN2C[C@@H](NC(=O)c3cc(-c4ccccc4)no3)C[C@H]2CO1. The highest BCUT2D eigenvalue weighted by atomic mass is 16.5. The van der Waals surface area contributed by atoms with Gasteiger partial charge in [0, 0.05) is 50.9 Å². The molecule has 0 saturated carbocycles. The van der Waals surface area contributed by atoms with Gasteiger partial charge < -0.3 is 19.5 Å². The van der Waals surface area contributed by atoms with Crippen LogP contribution in [-0.4, -0.2) is 78.8 Å². The minimum absolute atomic E-state index is 0.0182. The van der Waals surface area contributed by atoms with E-state index in [0.717, 1.165) is 18.5 Å². The Morgan fingerprint density at radius 3 is 2.79 bits per heavy atom. The molecule has 2 fully saturated rings. The van der Waals surface area contributed by atoms with Crippen LogP contribution in [0.25, 0.3) is 11.3 Å². The molecule has 0 bridgehead atoms. The van der Waals surface area contributed by atoms with E-state index < -0.39 is 0 Å². The van der Waals surface area contributed by atoms with Gasteiger partial charge in [0.25, 0.3) is 5.91 Å². The number of hydrogen-bond donors (Lipinski definition) is 1. The topological polar surface area (TPSA) is 87.9 Å². The molecule has 2 saturated heterocycles. The summed E-state index contributed by atoms with van der Waals surface area (Å²) in [6.07, 6.45) is 1.10. The predicted octanol–water partition coefficient (Wildman–Crippen LogP) is 1.39. The molecule has 1 aromatic carbocycles. The van der Waals surface area contributed by atoms with Crippen molar-refractivity contribution in [1.82, 2.24) is 20.3 Å². The molecule has 2 aliphatic rings. The van der Waals surface area contributed by atoms with Crippen molar-refractivity contribution in [1.29, 1.82) is 0 Å². The van der Waals surface area contributed by atoms with Crippen LogP contribution in [0.15, 0.2) is 40.9 Å². The number of nitrogens with one attached hydrogen (secondary N) is 1. The Labute approximate surface area is 169 Å². The molecule has 0 radical (unpaired) electrons. The molecular formula is C21H26N4O4. The summed E-state index contributed by atoms with van der Waals surface area (Å²) in [6, 6.07) is 11.6. The number of rotatable bonds is 5. The monoisotopic (exact) mass is 398 g/mol. The molecule has 0 spiro atoms. The molecule has 8 nitrogen and oxygen atoms in total. The zero-order valence-corrected chi connectivity index (χ0v) is 16.7. The van der Waals surface area contributed by atoms with E-state index in [-0.39, 0.29) is 35.8 Å². The van der Waals surface area contributed by atoms with Crippen LogP contribution in [-0.2, 0) is 9.53 Å². The lowest BCUT2D eigenvalue weighted by Gasteiger charge is -2.35. The van der Waals surface area contributed by atoms with Gasteiger partial charge in [0.05, 0.1) is 19.1 Å².